The van der Waals surface area contributed by atoms with Gasteiger partial charge in [-0.1, -0.05) is 53.7 Å². The monoisotopic (exact) mass is 338 g/mol. The molecule has 0 amide bonds. The number of fused-ring (bicyclic) bond motifs is 2. The standard InChI is InChI=1S/C19H30O5/c1-17(2,3)14(20)19(15(21)22,18(4,5)6)16(23)24-13-10-11-7-8-12(13)9-11/h7-8,11-14,20H,9-10H2,1-6H3,(H,21,22). The second-order valence-corrected chi connectivity index (χ2v) is 9.36. The van der Waals surface area contributed by atoms with Crippen LogP contribution in [0.15, 0.2) is 12.2 Å². The topological polar surface area (TPSA) is 83.8 Å². The van der Waals surface area contributed by atoms with Crippen molar-refractivity contribution in [2.75, 3.05) is 0 Å². The van der Waals surface area contributed by atoms with Gasteiger partial charge in [0.05, 0.1) is 6.10 Å². The predicted octanol–water partition coefficient (Wildman–Crippen LogP) is 3.02. The number of carboxylic acids is 1. The van der Waals surface area contributed by atoms with Crippen molar-refractivity contribution in [3.05, 3.63) is 12.2 Å². The Bertz CT molecular complexity index is 551. The molecule has 0 radical (unpaired) electrons. The van der Waals surface area contributed by atoms with Crippen LogP contribution in [0.4, 0.5) is 0 Å². The number of esters is 1. The van der Waals surface area contributed by atoms with Crippen LogP contribution in [0.5, 0.6) is 0 Å². The summed E-state index contributed by atoms with van der Waals surface area (Å²) in [5.41, 5.74) is -3.80. The van der Waals surface area contributed by atoms with Crippen LogP contribution in [0.1, 0.15) is 54.4 Å². The Kier molecular flexibility index (Phi) is 4.64. The van der Waals surface area contributed by atoms with Crippen molar-refractivity contribution in [3.63, 3.8) is 0 Å². The van der Waals surface area contributed by atoms with E-state index >= 15 is 0 Å². The molecule has 0 aliphatic heterocycles. The molecule has 0 heterocycles. The van der Waals surface area contributed by atoms with Gasteiger partial charge in [-0.25, -0.2) is 0 Å². The van der Waals surface area contributed by atoms with Crippen molar-refractivity contribution in [2.45, 2.75) is 66.6 Å². The van der Waals surface area contributed by atoms with E-state index in [-0.39, 0.29) is 12.0 Å². The maximum atomic E-state index is 13.1. The van der Waals surface area contributed by atoms with E-state index in [2.05, 4.69) is 6.08 Å². The summed E-state index contributed by atoms with van der Waals surface area (Å²) in [5.74, 6) is -1.58. The zero-order valence-corrected chi connectivity index (χ0v) is 15.5. The van der Waals surface area contributed by atoms with E-state index in [0.717, 1.165) is 12.8 Å². The number of carbonyl (C=O) groups excluding carboxylic acids is 1. The van der Waals surface area contributed by atoms with Crippen molar-refractivity contribution < 1.29 is 24.5 Å². The van der Waals surface area contributed by atoms with Crippen LogP contribution in [0.25, 0.3) is 0 Å². The molecule has 1 saturated carbocycles. The first kappa shape index (κ1) is 19.0. The molecule has 2 N–H and O–H groups in total. The minimum atomic E-state index is -2.02. The van der Waals surface area contributed by atoms with Crippen LogP contribution in [0, 0.1) is 28.1 Å². The number of aliphatic hydroxyl groups is 1. The molecule has 2 rings (SSSR count). The molecule has 24 heavy (non-hydrogen) atoms. The molecule has 2 aliphatic carbocycles. The Balaban J connectivity index is 2.39. The lowest BCUT2D eigenvalue weighted by atomic mass is 9.58. The first-order valence-electron chi connectivity index (χ1n) is 8.62. The molecular formula is C19H30O5. The zero-order chi connectivity index (χ0) is 18.5. The summed E-state index contributed by atoms with van der Waals surface area (Å²) < 4.78 is 5.68. The molecule has 1 fully saturated rings. The van der Waals surface area contributed by atoms with Gasteiger partial charge in [0.25, 0.3) is 0 Å². The highest BCUT2D eigenvalue weighted by Gasteiger charge is 2.64. The number of carbonyl (C=O) groups is 2. The number of carboxylic acid groups (broad SMARTS) is 1. The molecule has 5 atom stereocenters. The number of hydrogen-bond acceptors (Lipinski definition) is 4. The van der Waals surface area contributed by atoms with Crippen LogP contribution < -0.4 is 0 Å². The first-order valence-corrected chi connectivity index (χ1v) is 8.62. The fourth-order valence-electron chi connectivity index (χ4n) is 4.10. The van der Waals surface area contributed by atoms with E-state index < -0.39 is 34.3 Å². The summed E-state index contributed by atoms with van der Waals surface area (Å²) in [7, 11) is 0. The molecule has 136 valence electrons. The Morgan fingerprint density at radius 1 is 1.08 bits per heavy atom. The van der Waals surface area contributed by atoms with Gasteiger partial charge in [-0.05, 0) is 29.6 Å². The Morgan fingerprint density at radius 3 is 2.00 bits per heavy atom. The van der Waals surface area contributed by atoms with Gasteiger partial charge in [0, 0.05) is 5.92 Å². The van der Waals surface area contributed by atoms with Crippen LogP contribution >= 0.6 is 0 Å². The van der Waals surface area contributed by atoms with Gasteiger partial charge >= 0.3 is 11.9 Å². The zero-order valence-electron chi connectivity index (χ0n) is 15.5. The summed E-state index contributed by atoms with van der Waals surface area (Å²) in [4.78, 5) is 25.3. The lowest BCUT2D eigenvalue weighted by Crippen LogP contribution is -2.62. The smallest absolute Gasteiger partial charge is 0.327 e. The first-order chi connectivity index (χ1) is 10.8. The third-order valence-corrected chi connectivity index (χ3v) is 5.55. The number of aliphatic hydroxyl groups excluding tert-OH is 1. The van der Waals surface area contributed by atoms with Crippen molar-refractivity contribution in [1.29, 1.82) is 0 Å². The maximum Gasteiger partial charge on any atom is 0.327 e. The third-order valence-electron chi connectivity index (χ3n) is 5.55. The average Bonchev–Trinajstić information content (AvgIpc) is 2.98. The maximum absolute atomic E-state index is 13.1. The van der Waals surface area contributed by atoms with E-state index in [0.29, 0.717) is 5.92 Å². The fourth-order valence-corrected chi connectivity index (χ4v) is 4.10. The average molecular weight is 338 g/mol. The lowest BCUT2D eigenvalue weighted by Gasteiger charge is -2.47. The highest BCUT2D eigenvalue weighted by Crippen LogP contribution is 2.50. The molecule has 5 nitrogen and oxygen atoms in total. The largest absolute Gasteiger partial charge is 0.480 e. The molecule has 0 saturated heterocycles. The van der Waals surface area contributed by atoms with Gasteiger partial charge in [0.15, 0.2) is 5.41 Å². The third kappa shape index (κ3) is 2.87. The van der Waals surface area contributed by atoms with Gasteiger partial charge in [-0.2, -0.15) is 0 Å². The number of allylic oxidation sites excluding steroid dienone is 1. The summed E-state index contributed by atoms with van der Waals surface area (Å²) >= 11 is 0. The van der Waals surface area contributed by atoms with Crippen molar-refractivity contribution in [3.8, 4) is 0 Å². The molecule has 0 spiro atoms. The SMILES string of the molecule is CC(C)(C)C(O)C(C(=O)O)(C(=O)OC1CC2C=CC1C2)C(C)(C)C. The molecular weight excluding hydrogens is 308 g/mol. The minimum absolute atomic E-state index is 0.164. The van der Waals surface area contributed by atoms with E-state index in [1.54, 1.807) is 41.5 Å². The summed E-state index contributed by atoms with van der Waals surface area (Å²) in [5, 5.41) is 20.9. The van der Waals surface area contributed by atoms with Crippen molar-refractivity contribution in [1.82, 2.24) is 0 Å². The predicted molar refractivity (Wildman–Crippen MR) is 90.2 cm³/mol. The van der Waals surface area contributed by atoms with E-state index in [1.165, 1.54) is 0 Å². The van der Waals surface area contributed by atoms with Gasteiger partial charge in [0.2, 0.25) is 0 Å². The Labute approximate surface area is 144 Å². The van der Waals surface area contributed by atoms with Crippen LogP contribution in [-0.4, -0.2) is 34.4 Å². The molecule has 5 unspecified atom stereocenters. The minimum Gasteiger partial charge on any atom is -0.480 e. The van der Waals surface area contributed by atoms with Crippen molar-refractivity contribution in [2.24, 2.45) is 28.1 Å². The lowest BCUT2D eigenvalue weighted by molar-refractivity contribution is -0.202. The van der Waals surface area contributed by atoms with Crippen molar-refractivity contribution >= 4 is 11.9 Å². The number of rotatable bonds is 4. The molecule has 0 aromatic carbocycles. The molecule has 2 aliphatic rings. The molecule has 5 heteroatoms. The second-order valence-electron chi connectivity index (χ2n) is 9.36. The van der Waals surface area contributed by atoms with Gasteiger partial charge < -0.3 is 14.9 Å². The van der Waals surface area contributed by atoms with Gasteiger partial charge in [-0.3, -0.25) is 9.59 Å². The molecule has 2 bridgehead atoms. The van der Waals surface area contributed by atoms with Gasteiger partial charge in [-0.15, -0.1) is 0 Å². The summed E-state index contributed by atoms with van der Waals surface area (Å²) in [6.45, 7) is 10.2. The summed E-state index contributed by atoms with van der Waals surface area (Å²) in [6.07, 6.45) is 4.21. The van der Waals surface area contributed by atoms with Gasteiger partial charge in [0.1, 0.15) is 6.10 Å². The van der Waals surface area contributed by atoms with Crippen LogP contribution in [-0.2, 0) is 14.3 Å². The highest BCUT2D eigenvalue weighted by atomic mass is 16.5. The highest BCUT2D eigenvalue weighted by molar-refractivity contribution is 6.01. The normalized spacial score (nSPS) is 30.0. The van der Waals surface area contributed by atoms with E-state index in [9.17, 15) is 19.8 Å². The Hall–Kier alpha value is -1.36. The summed E-state index contributed by atoms with van der Waals surface area (Å²) in [6, 6.07) is 0. The fraction of sp³-hybridized carbons (Fsp3) is 0.789. The Morgan fingerprint density at radius 2 is 1.67 bits per heavy atom. The molecule has 0 aromatic rings. The van der Waals surface area contributed by atoms with E-state index in [1.807, 2.05) is 6.08 Å². The number of hydrogen-bond donors (Lipinski definition) is 2. The number of aliphatic carboxylic acids is 1. The molecule has 0 aromatic heterocycles. The van der Waals surface area contributed by atoms with E-state index in [4.69, 9.17) is 4.74 Å². The quantitative estimate of drug-likeness (QED) is 0.468. The van der Waals surface area contributed by atoms with Crippen LogP contribution in [0.2, 0.25) is 0 Å². The van der Waals surface area contributed by atoms with Crippen LogP contribution in [0.3, 0.4) is 0 Å². The second kappa shape index (κ2) is 5.87. The number of ether oxygens (including phenoxy) is 1.